The number of halogens is 4. The van der Waals surface area contributed by atoms with E-state index in [2.05, 4.69) is 58.3 Å². The minimum Gasteiger partial charge on any atom is -0.479 e. The summed E-state index contributed by atoms with van der Waals surface area (Å²) in [4.78, 5) is 23.8. The Bertz CT molecular complexity index is 1160. The molecule has 0 fully saturated rings. The second-order valence-electron chi connectivity index (χ2n) is 6.02. The number of furan rings is 1. The van der Waals surface area contributed by atoms with Crippen molar-refractivity contribution in [2.75, 3.05) is 13.2 Å². The topological polar surface area (TPSA) is 90.1 Å². The summed E-state index contributed by atoms with van der Waals surface area (Å²) in [5, 5.41) is 4.97. The van der Waals surface area contributed by atoms with E-state index in [1.165, 1.54) is 6.21 Å². The molecule has 0 aliphatic heterocycles. The van der Waals surface area contributed by atoms with Gasteiger partial charge in [0.25, 0.3) is 0 Å². The highest BCUT2D eigenvalue weighted by Gasteiger charge is 2.15. The van der Waals surface area contributed by atoms with Gasteiger partial charge >= 0.3 is 11.9 Å². The van der Waals surface area contributed by atoms with Crippen LogP contribution >= 0.6 is 59.4 Å². The summed E-state index contributed by atoms with van der Waals surface area (Å²) in [7, 11) is 0. The SMILES string of the molecule is CCOC(=O)COc1c(Cl)cc(/C=N\NC(=O)c2cc3cc(Br)cc(Br)c3o2)cc1Br. The van der Waals surface area contributed by atoms with Crippen LogP contribution in [0.2, 0.25) is 5.02 Å². The Hall–Kier alpha value is -1.88. The van der Waals surface area contributed by atoms with Crippen molar-refractivity contribution in [3.8, 4) is 5.75 Å². The van der Waals surface area contributed by atoms with Crippen LogP contribution in [0, 0.1) is 0 Å². The molecule has 162 valence electrons. The van der Waals surface area contributed by atoms with Crippen LogP contribution in [-0.2, 0) is 9.53 Å². The van der Waals surface area contributed by atoms with Gasteiger partial charge in [-0.05, 0) is 74.7 Å². The molecule has 1 aromatic heterocycles. The average Bonchev–Trinajstić information content (AvgIpc) is 3.12. The number of esters is 1. The number of benzene rings is 2. The van der Waals surface area contributed by atoms with Crippen molar-refractivity contribution in [3.05, 3.63) is 60.1 Å². The van der Waals surface area contributed by atoms with Gasteiger partial charge in [-0.1, -0.05) is 27.5 Å². The van der Waals surface area contributed by atoms with Gasteiger partial charge in [0.2, 0.25) is 0 Å². The quantitative estimate of drug-likeness (QED) is 0.193. The molecule has 7 nitrogen and oxygen atoms in total. The number of carbonyl (C=O) groups is 2. The molecule has 11 heteroatoms. The van der Waals surface area contributed by atoms with Crippen molar-refractivity contribution in [3.63, 3.8) is 0 Å². The standard InChI is InChI=1S/C20H14Br3ClN2O5/c1-2-29-17(27)9-30-19-13(22)3-10(4-15(19)24)8-25-26-20(28)16-6-11-5-12(21)7-14(23)18(11)31-16/h3-8H,2,9H2,1H3,(H,26,28)/b25-8-. The number of hydrazone groups is 1. The lowest BCUT2D eigenvalue weighted by Gasteiger charge is -2.10. The van der Waals surface area contributed by atoms with Crippen molar-refractivity contribution >= 4 is 88.5 Å². The van der Waals surface area contributed by atoms with Crippen LogP contribution in [0.4, 0.5) is 0 Å². The highest BCUT2D eigenvalue weighted by Crippen LogP contribution is 2.34. The van der Waals surface area contributed by atoms with Crippen molar-refractivity contribution in [2.45, 2.75) is 6.92 Å². The molecular formula is C20H14Br3ClN2O5. The minimum absolute atomic E-state index is 0.118. The predicted molar refractivity (Wildman–Crippen MR) is 128 cm³/mol. The zero-order valence-electron chi connectivity index (χ0n) is 15.9. The zero-order valence-corrected chi connectivity index (χ0v) is 21.4. The van der Waals surface area contributed by atoms with Gasteiger partial charge in [0.15, 0.2) is 18.1 Å². The lowest BCUT2D eigenvalue weighted by Crippen LogP contribution is -2.16. The van der Waals surface area contributed by atoms with E-state index < -0.39 is 11.9 Å². The van der Waals surface area contributed by atoms with Crippen molar-refractivity contribution < 1.29 is 23.5 Å². The third-order valence-corrected chi connectivity index (χ3v) is 5.72. The molecule has 0 bridgehead atoms. The molecule has 0 saturated carbocycles. The maximum absolute atomic E-state index is 12.3. The molecule has 0 aliphatic carbocycles. The number of amides is 1. The molecule has 1 amide bonds. The smallest absolute Gasteiger partial charge is 0.344 e. The van der Waals surface area contributed by atoms with Crippen molar-refractivity contribution in [1.29, 1.82) is 0 Å². The van der Waals surface area contributed by atoms with E-state index in [-0.39, 0.29) is 24.0 Å². The highest BCUT2D eigenvalue weighted by molar-refractivity contribution is 9.11. The molecular weight excluding hydrogens is 623 g/mol. The molecule has 1 N–H and O–H groups in total. The van der Waals surface area contributed by atoms with Gasteiger partial charge in [0.1, 0.15) is 5.58 Å². The first-order valence-electron chi connectivity index (χ1n) is 8.78. The second-order valence-corrected chi connectivity index (χ2v) is 9.05. The summed E-state index contributed by atoms with van der Waals surface area (Å²) in [6, 6.07) is 8.55. The van der Waals surface area contributed by atoms with Crippen LogP contribution in [-0.4, -0.2) is 31.3 Å². The molecule has 0 saturated heterocycles. The Morgan fingerprint density at radius 1 is 1.16 bits per heavy atom. The molecule has 31 heavy (non-hydrogen) atoms. The summed E-state index contributed by atoms with van der Waals surface area (Å²) < 4.78 is 17.9. The molecule has 3 aromatic rings. The van der Waals surface area contributed by atoms with Gasteiger partial charge in [0.05, 0.1) is 26.8 Å². The van der Waals surface area contributed by atoms with Gasteiger partial charge in [-0.15, -0.1) is 0 Å². The third kappa shape index (κ3) is 6.09. The fourth-order valence-corrected chi connectivity index (χ4v) is 4.86. The molecule has 0 spiro atoms. The maximum atomic E-state index is 12.3. The minimum atomic E-state index is -0.505. The summed E-state index contributed by atoms with van der Waals surface area (Å²) in [6.45, 7) is 1.71. The number of rotatable bonds is 7. The molecule has 3 rings (SSSR count). The zero-order chi connectivity index (χ0) is 22.5. The number of fused-ring (bicyclic) bond motifs is 1. The molecule has 0 aliphatic rings. The van der Waals surface area contributed by atoms with Gasteiger partial charge in [-0.3, -0.25) is 4.79 Å². The third-order valence-electron chi connectivity index (χ3n) is 3.80. The summed E-state index contributed by atoms with van der Waals surface area (Å²) in [5.74, 6) is -0.582. The number of nitrogens with one attached hydrogen (secondary N) is 1. The van der Waals surface area contributed by atoms with Gasteiger partial charge < -0.3 is 13.9 Å². The molecule has 0 radical (unpaired) electrons. The van der Waals surface area contributed by atoms with Gasteiger partial charge in [-0.2, -0.15) is 5.10 Å². The Morgan fingerprint density at radius 3 is 2.65 bits per heavy atom. The second kappa shape index (κ2) is 10.6. The monoisotopic (exact) mass is 634 g/mol. The lowest BCUT2D eigenvalue weighted by atomic mass is 10.2. The predicted octanol–water partition coefficient (Wildman–Crippen LogP) is 6.08. The van der Waals surface area contributed by atoms with E-state index >= 15 is 0 Å². The fraction of sp³-hybridized carbons (Fsp3) is 0.150. The first-order chi connectivity index (χ1) is 14.8. The lowest BCUT2D eigenvalue weighted by molar-refractivity contribution is -0.145. The number of hydrogen-bond donors (Lipinski definition) is 1. The summed E-state index contributed by atoms with van der Waals surface area (Å²) in [6.07, 6.45) is 1.42. The first kappa shape index (κ1) is 23.8. The Morgan fingerprint density at radius 2 is 1.94 bits per heavy atom. The van der Waals surface area contributed by atoms with E-state index in [4.69, 9.17) is 25.5 Å². The van der Waals surface area contributed by atoms with E-state index in [9.17, 15) is 9.59 Å². The number of carbonyl (C=O) groups excluding carboxylic acids is 2. The van der Waals surface area contributed by atoms with E-state index in [0.717, 1.165) is 14.3 Å². The van der Waals surface area contributed by atoms with Crippen LogP contribution in [0.1, 0.15) is 23.0 Å². The van der Waals surface area contributed by atoms with E-state index in [1.54, 1.807) is 25.1 Å². The van der Waals surface area contributed by atoms with Gasteiger partial charge in [0, 0.05) is 9.86 Å². The van der Waals surface area contributed by atoms with Crippen molar-refractivity contribution in [2.24, 2.45) is 5.10 Å². The Labute approximate surface area is 207 Å². The van der Waals surface area contributed by atoms with E-state index in [1.807, 2.05) is 12.1 Å². The molecule has 0 atom stereocenters. The number of ether oxygens (including phenoxy) is 2. The summed E-state index contributed by atoms with van der Waals surface area (Å²) in [5.41, 5.74) is 3.56. The number of hydrogen-bond acceptors (Lipinski definition) is 6. The average molecular weight is 638 g/mol. The fourth-order valence-electron chi connectivity index (χ4n) is 2.53. The first-order valence-corrected chi connectivity index (χ1v) is 11.5. The van der Waals surface area contributed by atoms with Gasteiger partial charge in [-0.25, -0.2) is 10.2 Å². The van der Waals surface area contributed by atoms with Crippen LogP contribution < -0.4 is 10.2 Å². The largest absolute Gasteiger partial charge is 0.479 e. The molecule has 2 aromatic carbocycles. The van der Waals surface area contributed by atoms with E-state index in [0.29, 0.717) is 21.4 Å². The molecule has 0 unspecified atom stereocenters. The number of nitrogens with zero attached hydrogens (tertiary/aromatic N) is 1. The van der Waals surface area contributed by atoms with Crippen LogP contribution in [0.5, 0.6) is 5.75 Å². The summed E-state index contributed by atoms with van der Waals surface area (Å²) >= 11 is 16.4. The Kier molecular flexibility index (Phi) is 8.15. The van der Waals surface area contributed by atoms with Crippen LogP contribution in [0.3, 0.4) is 0 Å². The Balaban J connectivity index is 1.67. The maximum Gasteiger partial charge on any atom is 0.344 e. The van der Waals surface area contributed by atoms with Crippen LogP contribution in [0.15, 0.2) is 53.3 Å². The highest BCUT2D eigenvalue weighted by atomic mass is 79.9. The normalized spacial score (nSPS) is 11.1. The van der Waals surface area contributed by atoms with Crippen molar-refractivity contribution in [1.82, 2.24) is 5.43 Å². The molecule has 1 heterocycles. The van der Waals surface area contributed by atoms with Crippen LogP contribution in [0.25, 0.3) is 11.0 Å².